The summed E-state index contributed by atoms with van der Waals surface area (Å²) in [4.78, 5) is 10.6. The van der Waals surface area contributed by atoms with Gasteiger partial charge in [-0.2, -0.15) is 10.5 Å². The monoisotopic (exact) mass is 272 g/mol. The minimum Gasteiger partial charge on any atom is -0.370 e. The summed E-state index contributed by atoms with van der Waals surface area (Å²) in [5, 5.41) is 20.9. The van der Waals surface area contributed by atoms with E-state index in [1.165, 1.54) is 0 Å². The zero-order valence-electron chi connectivity index (χ0n) is 12.4. The first-order valence-electron chi connectivity index (χ1n) is 6.54. The number of hydrogen-bond donors (Lipinski definition) is 1. The molecule has 1 aromatic rings. The third kappa shape index (κ3) is 4.10. The Morgan fingerprint density at radius 3 is 2.25 bits per heavy atom. The van der Waals surface area contributed by atoms with E-state index < -0.39 is 0 Å². The molecule has 6 nitrogen and oxygen atoms in total. The second-order valence-electron chi connectivity index (χ2n) is 5.39. The van der Waals surface area contributed by atoms with Gasteiger partial charge in [-0.3, -0.25) is 0 Å². The highest BCUT2D eigenvalue weighted by molar-refractivity contribution is 5.51. The molecule has 20 heavy (non-hydrogen) atoms. The van der Waals surface area contributed by atoms with Crippen molar-refractivity contribution in [1.82, 2.24) is 9.97 Å². The molecule has 0 aliphatic carbocycles. The molecule has 0 saturated heterocycles. The Kier molecular flexibility index (Phi) is 5.28. The standard InChI is InChI=1S/C14H20N6/c1-5-17-11-10-12(20(8-6-15)9-7-16)19-13(18-11)14(2,3)4/h10H,5,8-9H2,1-4H3,(H,17,18,19). The van der Waals surface area contributed by atoms with Gasteiger partial charge in [0, 0.05) is 18.0 Å². The Hall–Kier alpha value is -2.34. The molecular weight excluding hydrogens is 252 g/mol. The van der Waals surface area contributed by atoms with Crippen molar-refractivity contribution in [2.45, 2.75) is 33.1 Å². The molecule has 0 radical (unpaired) electrons. The first-order chi connectivity index (χ1) is 9.42. The van der Waals surface area contributed by atoms with Crippen LogP contribution in [0.25, 0.3) is 0 Å². The molecule has 0 fully saturated rings. The van der Waals surface area contributed by atoms with Crippen molar-refractivity contribution in [3.63, 3.8) is 0 Å². The Morgan fingerprint density at radius 2 is 1.80 bits per heavy atom. The average molecular weight is 272 g/mol. The third-order valence-electron chi connectivity index (χ3n) is 2.59. The smallest absolute Gasteiger partial charge is 0.138 e. The summed E-state index contributed by atoms with van der Waals surface area (Å²) in [6.45, 7) is 9.07. The second kappa shape index (κ2) is 6.72. The molecule has 0 bridgehead atoms. The van der Waals surface area contributed by atoms with E-state index in [1.807, 2.05) is 27.7 Å². The van der Waals surface area contributed by atoms with E-state index in [1.54, 1.807) is 11.0 Å². The summed E-state index contributed by atoms with van der Waals surface area (Å²) >= 11 is 0. The number of nitrogens with zero attached hydrogens (tertiary/aromatic N) is 5. The second-order valence-corrected chi connectivity index (χ2v) is 5.39. The molecule has 106 valence electrons. The van der Waals surface area contributed by atoms with Crippen molar-refractivity contribution < 1.29 is 0 Å². The van der Waals surface area contributed by atoms with E-state index >= 15 is 0 Å². The van der Waals surface area contributed by atoms with Gasteiger partial charge in [0.25, 0.3) is 0 Å². The summed E-state index contributed by atoms with van der Waals surface area (Å²) in [6, 6.07) is 5.88. The molecule has 1 N–H and O–H groups in total. The van der Waals surface area contributed by atoms with Crippen LogP contribution in [0.1, 0.15) is 33.5 Å². The topological polar surface area (TPSA) is 88.6 Å². The Labute approximate surface area is 120 Å². The maximum absolute atomic E-state index is 8.87. The summed E-state index contributed by atoms with van der Waals surface area (Å²) in [6.07, 6.45) is 0. The quantitative estimate of drug-likeness (QED) is 0.825. The van der Waals surface area contributed by atoms with Crippen LogP contribution in [0.2, 0.25) is 0 Å². The van der Waals surface area contributed by atoms with Crippen LogP contribution in [0.15, 0.2) is 6.07 Å². The lowest BCUT2D eigenvalue weighted by molar-refractivity contribution is 0.545. The van der Waals surface area contributed by atoms with Crippen LogP contribution in [0.4, 0.5) is 11.6 Å². The molecule has 0 aliphatic rings. The zero-order chi connectivity index (χ0) is 15.2. The lowest BCUT2D eigenvalue weighted by Gasteiger charge is -2.23. The molecule has 0 aliphatic heterocycles. The van der Waals surface area contributed by atoms with E-state index in [0.29, 0.717) is 17.5 Å². The number of nitrogens with one attached hydrogen (secondary N) is 1. The van der Waals surface area contributed by atoms with Crippen molar-refractivity contribution in [2.24, 2.45) is 0 Å². The molecule has 1 rings (SSSR count). The number of hydrogen-bond acceptors (Lipinski definition) is 6. The van der Waals surface area contributed by atoms with Crippen molar-refractivity contribution in [2.75, 3.05) is 29.9 Å². The molecule has 0 spiro atoms. The van der Waals surface area contributed by atoms with Crippen LogP contribution in [0, 0.1) is 22.7 Å². The van der Waals surface area contributed by atoms with Gasteiger partial charge in [0.15, 0.2) is 0 Å². The number of anilines is 2. The normalized spacial score (nSPS) is 10.5. The molecule has 0 saturated carbocycles. The molecule has 0 unspecified atom stereocenters. The van der Waals surface area contributed by atoms with Crippen LogP contribution in [-0.4, -0.2) is 29.6 Å². The molecule has 1 aromatic heterocycles. The van der Waals surface area contributed by atoms with Gasteiger partial charge in [0.05, 0.1) is 12.1 Å². The van der Waals surface area contributed by atoms with Gasteiger partial charge in [-0.15, -0.1) is 0 Å². The van der Waals surface area contributed by atoms with Gasteiger partial charge in [-0.25, -0.2) is 9.97 Å². The van der Waals surface area contributed by atoms with Crippen molar-refractivity contribution in [3.05, 3.63) is 11.9 Å². The van der Waals surface area contributed by atoms with Gasteiger partial charge in [-0.1, -0.05) is 20.8 Å². The zero-order valence-corrected chi connectivity index (χ0v) is 12.4. The van der Waals surface area contributed by atoms with Crippen LogP contribution in [0.5, 0.6) is 0 Å². The molecule has 0 amide bonds. The average Bonchev–Trinajstić information content (AvgIpc) is 2.37. The predicted octanol–water partition coefficient (Wildman–Crippen LogP) is 2.06. The molecular formula is C14H20N6. The highest BCUT2D eigenvalue weighted by Gasteiger charge is 2.20. The number of aromatic nitrogens is 2. The summed E-state index contributed by atoms with van der Waals surface area (Å²) in [5.41, 5.74) is -0.203. The van der Waals surface area contributed by atoms with Crippen LogP contribution >= 0.6 is 0 Å². The van der Waals surface area contributed by atoms with Crippen LogP contribution < -0.4 is 10.2 Å². The van der Waals surface area contributed by atoms with E-state index in [4.69, 9.17) is 10.5 Å². The minimum atomic E-state index is -0.203. The lowest BCUT2D eigenvalue weighted by Crippen LogP contribution is -2.27. The first kappa shape index (κ1) is 15.7. The van der Waals surface area contributed by atoms with Crippen LogP contribution in [-0.2, 0) is 5.41 Å². The largest absolute Gasteiger partial charge is 0.370 e. The SMILES string of the molecule is CCNc1cc(N(CC#N)CC#N)nc(C(C)(C)C)n1. The fourth-order valence-corrected chi connectivity index (χ4v) is 1.59. The first-order valence-corrected chi connectivity index (χ1v) is 6.54. The Bertz CT molecular complexity index is 516. The van der Waals surface area contributed by atoms with Crippen LogP contribution in [0.3, 0.4) is 0 Å². The fraction of sp³-hybridized carbons (Fsp3) is 0.571. The molecule has 0 aromatic carbocycles. The Morgan fingerprint density at radius 1 is 1.20 bits per heavy atom. The minimum absolute atomic E-state index is 0.125. The van der Waals surface area contributed by atoms with Crippen molar-refractivity contribution in [1.29, 1.82) is 10.5 Å². The maximum Gasteiger partial charge on any atom is 0.138 e. The number of rotatable bonds is 5. The third-order valence-corrected chi connectivity index (χ3v) is 2.59. The fourth-order valence-electron chi connectivity index (χ4n) is 1.59. The van der Waals surface area contributed by atoms with E-state index in [-0.39, 0.29) is 18.5 Å². The Balaban J connectivity index is 3.27. The highest BCUT2D eigenvalue weighted by atomic mass is 15.2. The van der Waals surface area contributed by atoms with E-state index in [9.17, 15) is 0 Å². The molecule has 1 heterocycles. The molecule has 0 atom stereocenters. The summed E-state index contributed by atoms with van der Waals surface area (Å²) in [7, 11) is 0. The highest BCUT2D eigenvalue weighted by Crippen LogP contribution is 2.23. The van der Waals surface area contributed by atoms with Gasteiger partial charge in [-0.05, 0) is 6.92 Å². The van der Waals surface area contributed by atoms with Gasteiger partial charge < -0.3 is 10.2 Å². The maximum atomic E-state index is 8.87. The van der Waals surface area contributed by atoms with Crippen molar-refractivity contribution >= 4 is 11.6 Å². The van der Waals surface area contributed by atoms with E-state index in [0.717, 1.165) is 6.54 Å². The molecule has 6 heteroatoms. The van der Waals surface area contributed by atoms with Gasteiger partial charge in [0.2, 0.25) is 0 Å². The van der Waals surface area contributed by atoms with Gasteiger partial charge >= 0.3 is 0 Å². The lowest BCUT2D eigenvalue weighted by atomic mass is 9.96. The predicted molar refractivity (Wildman–Crippen MR) is 78.3 cm³/mol. The van der Waals surface area contributed by atoms with Crippen molar-refractivity contribution in [3.8, 4) is 12.1 Å². The number of nitriles is 2. The summed E-state index contributed by atoms with van der Waals surface area (Å²) < 4.78 is 0. The van der Waals surface area contributed by atoms with E-state index in [2.05, 4.69) is 27.4 Å². The van der Waals surface area contributed by atoms with Gasteiger partial charge in [0.1, 0.15) is 30.5 Å². The summed E-state index contributed by atoms with van der Waals surface area (Å²) in [5.74, 6) is 2.00.